The second-order valence-corrected chi connectivity index (χ2v) is 10.9. The molecule has 0 aliphatic carbocycles. The highest BCUT2D eigenvalue weighted by Gasteiger charge is 2.39. The SMILES string of the molecule is CCOC(=O)C1=C(C)NC(CSCCCCCN=C(N)SCC)=C(C(=O)OCC)C1c1cccc([N+](=O)[O-])c1. The molecule has 1 aliphatic heterocycles. The summed E-state index contributed by atoms with van der Waals surface area (Å²) in [6.45, 7) is 8.18. The third-order valence-corrected chi connectivity index (χ3v) is 7.59. The Hall–Kier alpha value is -2.99. The summed E-state index contributed by atoms with van der Waals surface area (Å²) in [5.41, 5.74) is 7.77. The zero-order valence-corrected chi connectivity index (χ0v) is 24.6. The van der Waals surface area contributed by atoms with Crippen molar-refractivity contribution in [3.63, 3.8) is 0 Å². The van der Waals surface area contributed by atoms with Crippen molar-refractivity contribution in [3.8, 4) is 0 Å². The minimum Gasteiger partial charge on any atom is -0.463 e. The number of nitro benzene ring substituents is 1. The molecule has 0 spiro atoms. The number of nitrogens with one attached hydrogen (secondary N) is 1. The van der Waals surface area contributed by atoms with Gasteiger partial charge in [0.25, 0.3) is 5.69 Å². The number of thioether (sulfide) groups is 2. The molecule has 1 aromatic rings. The molecule has 3 N–H and O–H groups in total. The molecule has 12 heteroatoms. The number of nitrogens with two attached hydrogens (primary N) is 1. The first-order valence-corrected chi connectivity index (χ1v) is 15.2. The van der Waals surface area contributed by atoms with Crippen LogP contribution in [0.2, 0.25) is 0 Å². The number of aliphatic imine (C=N–C) groups is 1. The molecule has 2 rings (SSSR count). The largest absolute Gasteiger partial charge is 0.463 e. The van der Waals surface area contributed by atoms with E-state index in [9.17, 15) is 19.7 Å². The maximum atomic E-state index is 13.3. The predicted molar refractivity (Wildman–Crippen MR) is 158 cm³/mol. The molecule has 1 atom stereocenters. The molecule has 0 bridgehead atoms. The van der Waals surface area contributed by atoms with Gasteiger partial charge in [0.15, 0.2) is 5.17 Å². The number of nitrogens with zero attached hydrogens (tertiary/aromatic N) is 2. The van der Waals surface area contributed by atoms with Crippen LogP contribution in [-0.2, 0) is 19.1 Å². The van der Waals surface area contributed by atoms with Crippen LogP contribution in [0.3, 0.4) is 0 Å². The second kappa shape index (κ2) is 16.9. The third kappa shape index (κ3) is 9.61. The van der Waals surface area contributed by atoms with E-state index in [4.69, 9.17) is 15.2 Å². The Morgan fingerprint density at radius 1 is 1.10 bits per heavy atom. The minimum absolute atomic E-state index is 0.134. The summed E-state index contributed by atoms with van der Waals surface area (Å²) in [4.78, 5) is 41.7. The van der Waals surface area contributed by atoms with E-state index in [1.807, 2.05) is 6.92 Å². The molecule has 0 radical (unpaired) electrons. The smallest absolute Gasteiger partial charge is 0.336 e. The first kappa shape index (κ1) is 32.2. The van der Waals surface area contributed by atoms with Gasteiger partial charge in [-0.05, 0) is 50.7 Å². The van der Waals surface area contributed by atoms with Crippen molar-refractivity contribution in [2.45, 2.75) is 52.9 Å². The van der Waals surface area contributed by atoms with E-state index in [1.165, 1.54) is 23.9 Å². The molecule has 0 saturated carbocycles. The average molecular weight is 579 g/mol. The number of benzene rings is 1. The van der Waals surface area contributed by atoms with Gasteiger partial charge >= 0.3 is 11.9 Å². The van der Waals surface area contributed by atoms with Gasteiger partial charge in [0.2, 0.25) is 0 Å². The summed E-state index contributed by atoms with van der Waals surface area (Å²) < 4.78 is 10.7. The van der Waals surface area contributed by atoms with Gasteiger partial charge in [-0.15, -0.1) is 0 Å². The molecule has 0 saturated heterocycles. The average Bonchev–Trinajstić information content (AvgIpc) is 2.90. The van der Waals surface area contributed by atoms with Crippen LogP contribution in [0.5, 0.6) is 0 Å². The Labute approximate surface area is 238 Å². The molecule has 10 nitrogen and oxygen atoms in total. The highest BCUT2D eigenvalue weighted by atomic mass is 32.2. The standard InChI is InChI=1S/C27H38N4O6S2/c1-5-36-25(32)22-18(4)30-21(17-38-15-10-8-9-14-29-27(28)39-7-3)24(26(33)37-6-2)23(22)19-12-11-13-20(16-19)31(34)35/h11-13,16,23,30H,5-10,14-15,17H2,1-4H3,(H2,28,29). The molecule has 0 fully saturated rings. The number of carbonyl (C=O) groups is 2. The van der Waals surface area contributed by atoms with Crippen molar-refractivity contribution in [3.05, 3.63) is 62.5 Å². The van der Waals surface area contributed by atoms with Gasteiger partial charge in [-0.1, -0.05) is 37.2 Å². The fourth-order valence-electron chi connectivity index (χ4n) is 4.14. The fraction of sp³-hybridized carbons (Fsp3) is 0.519. The molecule has 0 amide bonds. The number of amidine groups is 1. The zero-order chi connectivity index (χ0) is 28.8. The monoisotopic (exact) mass is 578 g/mol. The Kier molecular flexibility index (Phi) is 13.9. The maximum Gasteiger partial charge on any atom is 0.336 e. The predicted octanol–water partition coefficient (Wildman–Crippen LogP) is 4.91. The molecule has 214 valence electrons. The maximum absolute atomic E-state index is 13.3. The summed E-state index contributed by atoms with van der Waals surface area (Å²) >= 11 is 3.20. The summed E-state index contributed by atoms with van der Waals surface area (Å²) in [6, 6.07) is 5.98. The lowest BCUT2D eigenvalue weighted by molar-refractivity contribution is -0.384. The van der Waals surface area contributed by atoms with Gasteiger partial charge < -0.3 is 20.5 Å². The van der Waals surface area contributed by atoms with E-state index in [0.29, 0.717) is 34.4 Å². The Bertz CT molecular complexity index is 1120. The quantitative estimate of drug-likeness (QED) is 0.0735. The first-order valence-electron chi connectivity index (χ1n) is 13.0. The van der Waals surface area contributed by atoms with Crippen molar-refractivity contribution in [1.29, 1.82) is 0 Å². The van der Waals surface area contributed by atoms with Crippen LogP contribution in [0.1, 0.15) is 58.4 Å². The van der Waals surface area contributed by atoms with Crippen LogP contribution in [0, 0.1) is 10.1 Å². The van der Waals surface area contributed by atoms with Crippen molar-refractivity contribution >= 4 is 46.3 Å². The summed E-state index contributed by atoms with van der Waals surface area (Å²) in [5, 5.41) is 15.4. The summed E-state index contributed by atoms with van der Waals surface area (Å²) in [5.74, 6) is 0.204. The van der Waals surface area contributed by atoms with Gasteiger partial charge in [0.1, 0.15) is 0 Å². The number of rotatable bonds is 15. The van der Waals surface area contributed by atoms with Crippen molar-refractivity contribution in [2.24, 2.45) is 10.7 Å². The molecule has 0 aromatic heterocycles. The first-order chi connectivity index (χ1) is 18.7. The van der Waals surface area contributed by atoms with E-state index < -0.39 is 22.8 Å². The molecule has 1 unspecified atom stereocenters. The number of unbranched alkanes of at least 4 members (excludes halogenated alkanes) is 2. The van der Waals surface area contributed by atoms with Crippen LogP contribution in [-0.4, -0.2) is 59.0 Å². The second-order valence-electron chi connectivity index (χ2n) is 8.55. The molecule has 39 heavy (non-hydrogen) atoms. The lowest BCUT2D eigenvalue weighted by Gasteiger charge is -2.31. The van der Waals surface area contributed by atoms with E-state index in [1.54, 1.807) is 44.7 Å². The van der Waals surface area contributed by atoms with Gasteiger partial charge in [-0.3, -0.25) is 15.1 Å². The minimum atomic E-state index is -0.871. The van der Waals surface area contributed by atoms with Crippen LogP contribution in [0.15, 0.2) is 51.8 Å². The Morgan fingerprint density at radius 3 is 2.44 bits per heavy atom. The number of ether oxygens (including phenoxy) is 2. The van der Waals surface area contributed by atoms with Gasteiger partial charge in [0, 0.05) is 35.8 Å². The Balaban J connectivity index is 2.30. The summed E-state index contributed by atoms with van der Waals surface area (Å²) in [7, 11) is 0. The number of esters is 2. The number of non-ortho nitro benzene ring substituents is 1. The fourth-order valence-corrected chi connectivity index (χ4v) is 5.60. The highest BCUT2D eigenvalue weighted by Crippen LogP contribution is 2.41. The summed E-state index contributed by atoms with van der Waals surface area (Å²) in [6.07, 6.45) is 2.92. The van der Waals surface area contributed by atoms with Crippen LogP contribution < -0.4 is 11.1 Å². The Morgan fingerprint density at radius 2 is 1.79 bits per heavy atom. The van der Waals surface area contributed by atoms with E-state index in [2.05, 4.69) is 10.3 Å². The molecular formula is C27H38N4O6S2. The van der Waals surface area contributed by atoms with Gasteiger partial charge in [-0.25, -0.2) is 9.59 Å². The van der Waals surface area contributed by atoms with Gasteiger partial charge in [-0.2, -0.15) is 11.8 Å². The molecule has 1 aliphatic rings. The lowest BCUT2D eigenvalue weighted by atomic mass is 9.80. The number of hydrogen-bond acceptors (Lipinski definition) is 10. The highest BCUT2D eigenvalue weighted by molar-refractivity contribution is 8.13. The lowest BCUT2D eigenvalue weighted by Crippen LogP contribution is -2.34. The number of nitro groups is 1. The van der Waals surface area contributed by atoms with Crippen molar-refractivity contribution in [1.82, 2.24) is 5.32 Å². The van der Waals surface area contributed by atoms with Crippen LogP contribution in [0.4, 0.5) is 5.69 Å². The van der Waals surface area contributed by atoms with Crippen molar-refractivity contribution < 1.29 is 24.0 Å². The topological polar surface area (TPSA) is 146 Å². The molecule has 1 heterocycles. The van der Waals surface area contributed by atoms with Crippen LogP contribution >= 0.6 is 23.5 Å². The van der Waals surface area contributed by atoms with Crippen molar-refractivity contribution in [2.75, 3.05) is 37.0 Å². The van der Waals surface area contributed by atoms with Crippen LogP contribution in [0.25, 0.3) is 0 Å². The zero-order valence-electron chi connectivity index (χ0n) is 23.0. The number of dihydropyridines is 1. The third-order valence-electron chi connectivity index (χ3n) is 5.80. The van der Waals surface area contributed by atoms with Gasteiger partial charge in [0.05, 0.1) is 35.2 Å². The molecular weight excluding hydrogens is 540 g/mol. The number of carbonyl (C=O) groups excluding carboxylic acids is 2. The van der Waals surface area contributed by atoms with E-state index in [0.717, 1.165) is 30.8 Å². The number of hydrogen-bond donors (Lipinski definition) is 2. The molecule has 1 aromatic carbocycles. The normalized spacial score (nSPS) is 15.7. The van der Waals surface area contributed by atoms with E-state index in [-0.39, 0.29) is 30.0 Å². The van der Waals surface area contributed by atoms with E-state index >= 15 is 0 Å². The number of allylic oxidation sites excluding steroid dienone is 1.